The first-order valence-electron chi connectivity index (χ1n) is 6.88. The van der Waals surface area contributed by atoms with Gasteiger partial charge in [0, 0.05) is 38.4 Å². The Kier molecular flexibility index (Phi) is 4.54. The molecule has 20 heavy (non-hydrogen) atoms. The van der Waals surface area contributed by atoms with Gasteiger partial charge in [0.05, 0.1) is 11.4 Å². The number of hydrogen-bond donors (Lipinski definition) is 1. The molecule has 2 rings (SSSR count). The molecule has 2 aromatic rings. The molecule has 0 aliphatic heterocycles. The predicted molar refractivity (Wildman–Crippen MR) is 75.5 cm³/mol. The summed E-state index contributed by atoms with van der Waals surface area (Å²) >= 11 is 0. The van der Waals surface area contributed by atoms with Crippen LogP contribution in [-0.4, -0.2) is 19.6 Å². The van der Waals surface area contributed by atoms with E-state index in [-0.39, 0.29) is 5.95 Å². The van der Waals surface area contributed by atoms with Gasteiger partial charge in [-0.25, -0.2) is 4.68 Å². The van der Waals surface area contributed by atoms with Crippen molar-refractivity contribution in [1.82, 2.24) is 24.9 Å². The van der Waals surface area contributed by atoms with Crippen molar-refractivity contribution in [2.24, 2.45) is 13.0 Å². The highest BCUT2D eigenvalue weighted by molar-refractivity contribution is 5.17. The van der Waals surface area contributed by atoms with Crippen molar-refractivity contribution in [3.05, 3.63) is 35.2 Å². The number of nitrogens with zero attached hydrogens (tertiary/aromatic N) is 4. The lowest BCUT2D eigenvalue weighted by Crippen LogP contribution is -2.15. The Morgan fingerprint density at radius 2 is 2.05 bits per heavy atom. The minimum absolute atomic E-state index is 0.277. The van der Waals surface area contributed by atoms with E-state index < -0.39 is 0 Å². The smallest absolute Gasteiger partial charge is 0.215 e. The molecule has 0 saturated carbocycles. The normalized spacial score (nSPS) is 11.5. The zero-order valence-corrected chi connectivity index (χ0v) is 12.5. The Bertz CT molecular complexity index is 570. The molecule has 0 radical (unpaired) electrons. The van der Waals surface area contributed by atoms with E-state index in [0.29, 0.717) is 24.6 Å². The largest absolute Gasteiger partial charge is 0.307 e. The maximum Gasteiger partial charge on any atom is 0.215 e. The second-order valence-corrected chi connectivity index (χ2v) is 5.50. The number of nitrogens with one attached hydrogen (secondary N) is 1. The summed E-state index contributed by atoms with van der Waals surface area (Å²) in [6.45, 7) is 8.14. The number of aryl methyl sites for hydroxylation is 2. The molecule has 5 nitrogen and oxygen atoms in total. The van der Waals surface area contributed by atoms with Gasteiger partial charge in [0.25, 0.3) is 0 Å². The van der Waals surface area contributed by atoms with Crippen LogP contribution < -0.4 is 5.32 Å². The molecule has 0 spiro atoms. The van der Waals surface area contributed by atoms with Gasteiger partial charge in [-0.3, -0.25) is 4.68 Å². The monoisotopic (exact) mass is 279 g/mol. The molecule has 0 aliphatic carbocycles. The van der Waals surface area contributed by atoms with Crippen LogP contribution in [0.4, 0.5) is 4.39 Å². The zero-order chi connectivity index (χ0) is 14.7. The van der Waals surface area contributed by atoms with E-state index in [1.807, 2.05) is 23.9 Å². The van der Waals surface area contributed by atoms with E-state index in [9.17, 15) is 4.39 Å². The standard InChI is InChI=1S/C14H22FN5/c1-10(2)9-20-6-5-12(18-20)7-16-8-13-11(3)17-19(4)14(13)15/h5-6,10,16H,7-9H2,1-4H3. The summed E-state index contributed by atoms with van der Waals surface area (Å²) in [4.78, 5) is 0. The van der Waals surface area contributed by atoms with Crippen molar-refractivity contribution in [3.8, 4) is 0 Å². The van der Waals surface area contributed by atoms with Crippen LogP contribution in [0.1, 0.15) is 30.8 Å². The summed E-state index contributed by atoms with van der Waals surface area (Å²) in [7, 11) is 1.61. The van der Waals surface area contributed by atoms with Gasteiger partial charge >= 0.3 is 0 Å². The van der Waals surface area contributed by atoms with Crippen LogP contribution in [0, 0.1) is 18.8 Å². The third-order valence-electron chi connectivity index (χ3n) is 3.13. The van der Waals surface area contributed by atoms with Gasteiger partial charge in [-0.05, 0) is 18.9 Å². The highest BCUT2D eigenvalue weighted by Gasteiger charge is 2.12. The zero-order valence-electron chi connectivity index (χ0n) is 12.5. The molecule has 6 heteroatoms. The second kappa shape index (κ2) is 6.17. The maximum absolute atomic E-state index is 13.7. The van der Waals surface area contributed by atoms with Gasteiger partial charge in [-0.15, -0.1) is 0 Å². The lowest BCUT2D eigenvalue weighted by molar-refractivity contribution is 0.475. The number of hydrogen-bond acceptors (Lipinski definition) is 3. The van der Waals surface area contributed by atoms with E-state index >= 15 is 0 Å². The average Bonchev–Trinajstić information content (AvgIpc) is 2.88. The Labute approximate surface area is 118 Å². The Balaban J connectivity index is 1.88. The van der Waals surface area contributed by atoms with Crippen molar-refractivity contribution in [2.75, 3.05) is 0 Å². The van der Waals surface area contributed by atoms with Crippen molar-refractivity contribution >= 4 is 0 Å². The lowest BCUT2D eigenvalue weighted by Gasteiger charge is -2.04. The van der Waals surface area contributed by atoms with Crippen LogP contribution >= 0.6 is 0 Å². The van der Waals surface area contributed by atoms with Gasteiger partial charge in [-0.1, -0.05) is 13.8 Å². The fourth-order valence-corrected chi connectivity index (χ4v) is 2.16. The molecule has 0 atom stereocenters. The molecule has 0 aromatic carbocycles. The van der Waals surface area contributed by atoms with E-state index in [0.717, 1.165) is 17.9 Å². The number of halogens is 1. The fraction of sp³-hybridized carbons (Fsp3) is 0.571. The Morgan fingerprint density at radius 1 is 1.30 bits per heavy atom. The molecular weight excluding hydrogens is 257 g/mol. The summed E-state index contributed by atoms with van der Waals surface area (Å²) in [6, 6.07) is 1.99. The first-order valence-corrected chi connectivity index (χ1v) is 6.88. The SMILES string of the molecule is Cc1nn(C)c(F)c1CNCc1ccn(CC(C)C)n1. The summed E-state index contributed by atoms with van der Waals surface area (Å²) < 4.78 is 16.9. The molecular formula is C14H22FN5. The van der Waals surface area contributed by atoms with E-state index in [4.69, 9.17) is 0 Å². The van der Waals surface area contributed by atoms with Gasteiger partial charge in [-0.2, -0.15) is 14.6 Å². The highest BCUT2D eigenvalue weighted by atomic mass is 19.1. The fourth-order valence-electron chi connectivity index (χ4n) is 2.16. The number of aromatic nitrogens is 4. The third kappa shape index (κ3) is 3.45. The number of rotatable bonds is 6. The Hall–Kier alpha value is -1.69. The van der Waals surface area contributed by atoms with E-state index in [2.05, 4.69) is 29.4 Å². The average molecular weight is 279 g/mol. The molecule has 0 amide bonds. The third-order valence-corrected chi connectivity index (χ3v) is 3.13. The van der Waals surface area contributed by atoms with Crippen LogP contribution in [0.2, 0.25) is 0 Å². The quantitative estimate of drug-likeness (QED) is 0.880. The second-order valence-electron chi connectivity index (χ2n) is 5.50. The lowest BCUT2D eigenvalue weighted by atomic mass is 10.2. The van der Waals surface area contributed by atoms with Gasteiger partial charge < -0.3 is 5.32 Å². The molecule has 110 valence electrons. The van der Waals surface area contributed by atoms with Crippen molar-refractivity contribution in [3.63, 3.8) is 0 Å². The molecule has 0 fully saturated rings. The minimum Gasteiger partial charge on any atom is -0.307 e. The van der Waals surface area contributed by atoms with Gasteiger partial charge in [0.2, 0.25) is 5.95 Å². The maximum atomic E-state index is 13.7. The van der Waals surface area contributed by atoms with E-state index in [1.54, 1.807) is 7.05 Å². The highest BCUT2D eigenvalue weighted by Crippen LogP contribution is 2.10. The first kappa shape index (κ1) is 14.7. The molecule has 0 aliphatic rings. The summed E-state index contributed by atoms with van der Waals surface area (Å²) in [6.07, 6.45) is 1.98. The molecule has 1 N–H and O–H groups in total. The minimum atomic E-state index is -0.277. The van der Waals surface area contributed by atoms with E-state index in [1.165, 1.54) is 4.68 Å². The van der Waals surface area contributed by atoms with Crippen LogP contribution in [0.5, 0.6) is 0 Å². The van der Waals surface area contributed by atoms with Crippen LogP contribution in [0.15, 0.2) is 12.3 Å². The molecule has 2 heterocycles. The summed E-state index contributed by atoms with van der Waals surface area (Å²) in [5, 5.41) is 11.7. The first-order chi connectivity index (χ1) is 9.47. The molecule has 0 unspecified atom stereocenters. The summed E-state index contributed by atoms with van der Waals surface area (Å²) in [5.74, 6) is 0.295. The van der Waals surface area contributed by atoms with Gasteiger partial charge in [0.15, 0.2) is 0 Å². The van der Waals surface area contributed by atoms with Crippen molar-refractivity contribution in [1.29, 1.82) is 0 Å². The van der Waals surface area contributed by atoms with Crippen LogP contribution in [-0.2, 0) is 26.7 Å². The molecule has 0 saturated heterocycles. The van der Waals surface area contributed by atoms with Crippen molar-refractivity contribution in [2.45, 2.75) is 40.4 Å². The topological polar surface area (TPSA) is 47.7 Å². The van der Waals surface area contributed by atoms with Crippen LogP contribution in [0.25, 0.3) is 0 Å². The predicted octanol–water partition coefficient (Wildman–Crippen LogP) is 2.01. The summed E-state index contributed by atoms with van der Waals surface area (Å²) in [5.41, 5.74) is 2.31. The Morgan fingerprint density at radius 3 is 2.65 bits per heavy atom. The molecule has 0 bridgehead atoms. The van der Waals surface area contributed by atoms with Crippen molar-refractivity contribution < 1.29 is 4.39 Å². The van der Waals surface area contributed by atoms with Gasteiger partial charge in [0.1, 0.15) is 0 Å². The molecule has 2 aromatic heterocycles. The van der Waals surface area contributed by atoms with Crippen LogP contribution in [0.3, 0.4) is 0 Å².